The Morgan fingerprint density at radius 3 is 2.64 bits per heavy atom. The molecule has 8 nitrogen and oxygen atoms in total. The molecule has 2 heterocycles. The summed E-state index contributed by atoms with van der Waals surface area (Å²) < 4.78 is 42.6. The number of ether oxygens (including phenoxy) is 3. The van der Waals surface area contributed by atoms with Gasteiger partial charge in [0.2, 0.25) is 0 Å². The Hall–Kier alpha value is -1.21. The van der Waals surface area contributed by atoms with Crippen molar-refractivity contribution < 1.29 is 43.1 Å². The maximum atomic E-state index is 14.1. The van der Waals surface area contributed by atoms with Gasteiger partial charge in [0.05, 0.1) is 0 Å². The van der Waals surface area contributed by atoms with Gasteiger partial charge in [-0.2, -0.15) is 20.1 Å². The summed E-state index contributed by atoms with van der Waals surface area (Å²) in [6, 6.07) is -0.520. The van der Waals surface area contributed by atoms with Gasteiger partial charge in [-0.3, -0.25) is 0 Å². The minimum atomic E-state index is -4.00. The largest absolute Gasteiger partial charge is 0.458 e. The molecule has 5 N–H and O–H groups in total. The summed E-state index contributed by atoms with van der Waals surface area (Å²) in [7, 11) is 1.18. The highest BCUT2D eigenvalue weighted by Crippen LogP contribution is 2.32. The molecule has 0 unspecified atom stereocenters. The third kappa shape index (κ3) is 4.14. The van der Waals surface area contributed by atoms with Gasteiger partial charge < -0.3 is 35.3 Å². The number of methoxy groups -OCH3 is 1. The van der Waals surface area contributed by atoms with Gasteiger partial charge in [-0.05, 0) is 22.4 Å². The summed E-state index contributed by atoms with van der Waals surface area (Å²) in [5.41, 5.74) is 5.50. The van der Waals surface area contributed by atoms with E-state index in [4.69, 9.17) is 15.2 Å². The SMILES string of the molecule is CO[C@H]1O[C@H](COC(=O)C(F)(F)[C@@H](N)c2ccsc2)[C@@H](O)[C@H](O)[C@H]1O. The van der Waals surface area contributed by atoms with Gasteiger partial charge in [-0.25, -0.2) is 4.79 Å². The number of aliphatic hydroxyl groups excluding tert-OH is 3. The molecule has 1 aromatic heterocycles. The summed E-state index contributed by atoms with van der Waals surface area (Å²) in [5.74, 6) is -5.89. The molecule has 0 spiro atoms. The maximum Gasteiger partial charge on any atom is 0.379 e. The van der Waals surface area contributed by atoms with Crippen LogP contribution in [-0.2, 0) is 19.0 Å². The predicted octanol–water partition coefficient (Wildman–Crippen LogP) is -0.620. The fraction of sp³-hybridized carbons (Fsp3) is 0.643. The Kier molecular flexibility index (Phi) is 6.43. The van der Waals surface area contributed by atoms with Crippen LogP contribution in [-0.4, -0.2) is 71.6 Å². The molecule has 1 aliphatic rings. The van der Waals surface area contributed by atoms with Crippen LogP contribution in [0.25, 0.3) is 0 Å². The Morgan fingerprint density at radius 2 is 2.08 bits per heavy atom. The van der Waals surface area contributed by atoms with E-state index in [0.717, 1.165) is 11.3 Å². The molecule has 25 heavy (non-hydrogen) atoms. The van der Waals surface area contributed by atoms with E-state index in [2.05, 4.69) is 4.74 Å². The average molecular weight is 383 g/mol. The molecule has 0 bridgehead atoms. The molecule has 142 valence electrons. The zero-order valence-electron chi connectivity index (χ0n) is 13.1. The monoisotopic (exact) mass is 383 g/mol. The van der Waals surface area contributed by atoms with Gasteiger partial charge in [0.15, 0.2) is 6.29 Å². The number of halogens is 2. The molecule has 11 heteroatoms. The predicted molar refractivity (Wildman–Crippen MR) is 80.8 cm³/mol. The molecule has 0 amide bonds. The van der Waals surface area contributed by atoms with E-state index in [0.29, 0.717) is 0 Å². The Bertz CT molecular complexity index is 572. The van der Waals surface area contributed by atoms with Gasteiger partial charge in [0.25, 0.3) is 0 Å². The molecule has 0 radical (unpaired) electrons. The standard InChI is InChI=1S/C14H19F2NO7S/c1-22-12-10(20)9(19)8(18)7(24-12)4-23-13(21)14(15,16)11(17)6-2-3-25-5-6/h2-3,5,7-12,18-20H,4,17H2,1H3/t7-,8-,9+,10-,11+,12+/m1/s1. The van der Waals surface area contributed by atoms with Crippen LogP contribution in [0.1, 0.15) is 11.6 Å². The molecule has 0 aliphatic carbocycles. The first kappa shape index (κ1) is 20.1. The van der Waals surface area contributed by atoms with Crippen LogP contribution < -0.4 is 5.73 Å². The van der Waals surface area contributed by atoms with Crippen LogP contribution >= 0.6 is 11.3 Å². The number of hydrogen-bond donors (Lipinski definition) is 4. The van der Waals surface area contributed by atoms with Crippen molar-refractivity contribution in [1.29, 1.82) is 0 Å². The topological polar surface area (TPSA) is 131 Å². The summed E-state index contributed by atoms with van der Waals surface area (Å²) in [6.45, 7) is -0.782. The van der Waals surface area contributed by atoms with Gasteiger partial charge in [-0.1, -0.05) is 0 Å². The number of carbonyl (C=O) groups is 1. The molecule has 0 saturated carbocycles. The van der Waals surface area contributed by atoms with Gasteiger partial charge in [0.1, 0.15) is 37.1 Å². The number of carbonyl (C=O) groups excluding carboxylic acids is 1. The lowest BCUT2D eigenvalue weighted by Crippen LogP contribution is -2.59. The number of nitrogens with two attached hydrogens (primary N) is 1. The van der Waals surface area contributed by atoms with Crippen molar-refractivity contribution in [2.24, 2.45) is 5.73 Å². The molecular weight excluding hydrogens is 364 g/mol. The van der Waals surface area contributed by atoms with Crippen molar-refractivity contribution in [2.75, 3.05) is 13.7 Å². The molecule has 1 saturated heterocycles. The van der Waals surface area contributed by atoms with Crippen LogP contribution in [0.3, 0.4) is 0 Å². The van der Waals surface area contributed by atoms with E-state index in [1.165, 1.54) is 18.6 Å². The van der Waals surface area contributed by atoms with Crippen molar-refractivity contribution in [3.05, 3.63) is 22.4 Å². The first-order chi connectivity index (χ1) is 11.7. The van der Waals surface area contributed by atoms with E-state index < -0.39 is 55.2 Å². The second-order valence-corrected chi connectivity index (χ2v) is 6.29. The summed E-state index contributed by atoms with van der Waals surface area (Å²) >= 11 is 1.15. The second-order valence-electron chi connectivity index (χ2n) is 5.51. The van der Waals surface area contributed by atoms with Crippen molar-refractivity contribution in [3.63, 3.8) is 0 Å². The zero-order chi connectivity index (χ0) is 18.8. The third-order valence-corrected chi connectivity index (χ3v) is 4.55. The fourth-order valence-electron chi connectivity index (χ4n) is 2.29. The highest BCUT2D eigenvalue weighted by atomic mass is 32.1. The van der Waals surface area contributed by atoms with Crippen molar-refractivity contribution in [3.8, 4) is 0 Å². The van der Waals surface area contributed by atoms with E-state index in [1.807, 2.05) is 0 Å². The normalized spacial score (nSPS) is 31.6. The number of hydrogen-bond acceptors (Lipinski definition) is 9. The first-order valence-corrected chi connectivity index (χ1v) is 8.19. The highest BCUT2D eigenvalue weighted by molar-refractivity contribution is 7.08. The highest BCUT2D eigenvalue weighted by Gasteiger charge is 2.49. The zero-order valence-corrected chi connectivity index (χ0v) is 13.9. The molecule has 2 rings (SSSR count). The smallest absolute Gasteiger partial charge is 0.379 e. The summed E-state index contributed by atoms with van der Waals surface area (Å²) in [5, 5.41) is 32.0. The van der Waals surface area contributed by atoms with E-state index >= 15 is 0 Å². The van der Waals surface area contributed by atoms with Crippen LogP contribution in [0.5, 0.6) is 0 Å². The lowest BCUT2D eigenvalue weighted by atomic mass is 9.99. The molecule has 1 aliphatic heterocycles. The first-order valence-electron chi connectivity index (χ1n) is 7.25. The van der Waals surface area contributed by atoms with Crippen molar-refractivity contribution >= 4 is 17.3 Å². The summed E-state index contributed by atoms with van der Waals surface area (Å²) in [4.78, 5) is 11.7. The minimum Gasteiger partial charge on any atom is -0.458 e. The van der Waals surface area contributed by atoms with E-state index in [9.17, 15) is 28.9 Å². The summed E-state index contributed by atoms with van der Waals surface area (Å²) in [6.07, 6.45) is -7.53. The minimum absolute atomic E-state index is 0.0823. The van der Waals surface area contributed by atoms with Gasteiger partial charge in [0, 0.05) is 7.11 Å². The number of rotatable bonds is 6. The van der Waals surface area contributed by atoms with E-state index in [1.54, 1.807) is 5.38 Å². The molecule has 0 aromatic carbocycles. The molecular formula is C14H19F2NO7S. The van der Waals surface area contributed by atoms with Gasteiger partial charge in [-0.15, -0.1) is 0 Å². The average Bonchev–Trinajstić information content (AvgIpc) is 3.12. The van der Waals surface area contributed by atoms with Crippen LogP contribution in [0.2, 0.25) is 0 Å². The van der Waals surface area contributed by atoms with Crippen LogP contribution in [0.4, 0.5) is 8.78 Å². The van der Waals surface area contributed by atoms with Crippen LogP contribution in [0, 0.1) is 0 Å². The lowest BCUT2D eigenvalue weighted by molar-refractivity contribution is -0.296. The van der Waals surface area contributed by atoms with E-state index in [-0.39, 0.29) is 5.56 Å². The molecule has 1 aromatic rings. The lowest BCUT2D eigenvalue weighted by Gasteiger charge is -2.39. The van der Waals surface area contributed by atoms with Gasteiger partial charge >= 0.3 is 11.9 Å². The number of esters is 1. The Labute approximate surface area is 145 Å². The maximum absolute atomic E-state index is 14.1. The number of alkyl halides is 2. The third-order valence-electron chi connectivity index (χ3n) is 3.84. The Morgan fingerprint density at radius 1 is 1.40 bits per heavy atom. The van der Waals surface area contributed by atoms with Crippen LogP contribution in [0.15, 0.2) is 16.8 Å². The number of thiophene rings is 1. The number of aliphatic hydroxyl groups is 3. The molecule has 1 fully saturated rings. The molecule has 6 atom stereocenters. The fourth-order valence-corrected chi connectivity index (χ4v) is 2.99. The second kappa shape index (κ2) is 7.99. The van der Waals surface area contributed by atoms with Crippen molar-refractivity contribution in [1.82, 2.24) is 0 Å². The quantitative estimate of drug-likeness (QED) is 0.478. The Balaban J connectivity index is 1.98. The van der Waals surface area contributed by atoms with Crippen molar-refractivity contribution in [2.45, 2.75) is 42.7 Å².